The number of nitrogens with two attached hydrogens (primary N) is 1. The fraction of sp³-hybridized carbons (Fsp3) is 0.0667. The van der Waals surface area contributed by atoms with Crippen molar-refractivity contribution >= 4 is 32.5 Å². The van der Waals surface area contributed by atoms with Gasteiger partial charge in [0.25, 0.3) is 0 Å². The van der Waals surface area contributed by atoms with Crippen LogP contribution < -0.4 is 16.0 Å². The first-order valence-corrected chi connectivity index (χ1v) is 7.13. The topological polar surface area (TPSA) is 73.1 Å². The maximum atomic E-state index is 5.90. The Kier molecular flexibility index (Phi) is 3.72. The molecule has 106 valence electrons. The van der Waals surface area contributed by atoms with Gasteiger partial charge in [0.15, 0.2) is 0 Å². The van der Waals surface area contributed by atoms with Gasteiger partial charge < -0.3 is 10.2 Å². The molecule has 3 aromatic rings. The van der Waals surface area contributed by atoms with Crippen molar-refractivity contribution in [1.29, 1.82) is 0 Å². The molecule has 0 fully saturated rings. The molecule has 0 aliphatic rings. The Morgan fingerprint density at radius 1 is 1.14 bits per heavy atom. The van der Waals surface area contributed by atoms with Crippen molar-refractivity contribution in [2.45, 2.75) is 6.92 Å². The third kappa shape index (κ3) is 2.55. The first-order valence-electron chi connectivity index (χ1n) is 6.34. The third-order valence-electron chi connectivity index (χ3n) is 3.21. The Balaban J connectivity index is 2.04. The van der Waals surface area contributed by atoms with Gasteiger partial charge in [-0.05, 0) is 39.7 Å². The SMILES string of the molecule is Cc1c(NN)ncnc1Oc1ccc2ccccc2c1Br. The van der Waals surface area contributed by atoms with Gasteiger partial charge in [-0.15, -0.1) is 0 Å². The second-order valence-corrected chi connectivity index (χ2v) is 5.29. The summed E-state index contributed by atoms with van der Waals surface area (Å²) >= 11 is 3.59. The molecule has 0 unspecified atom stereocenters. The minimum Gasteiger partial charge on any atom is -0.437 e. The molecule has 0 aliphatic carbocycles. The van der Waals surface area contributed by atoms with Crippen LogP contribution in [0.15, 0.2) is 47.2 Å². The molecule has 0 saturated heterocycles. The maximum absolute atomic E-state index is 5.90. The van der Waals surface area contributed by atoms with Gasteiger partial charge in [-0.3, -0.25) is 0 Å². The molecule has 0 amide bonds. The van der Waals surface area contributed by atoms with Crippen molar-refractivity contribution in [3.8, 4) is 11.6 Å². The number of hydrazine groups is 1. The van der Waals surface area contributed by atoms with Gasteiger partial charge in [0.1, 0.15) is 17.9 Å². The second kappa shape index (κ2) is 5.67. The summed E-state index contributed by atoms with van der Waals surface area (Å²) < 4.78 is 6.79. The number of hydrogen-bond donors (Lipinski definition) is 2. The van der Waals surface area contributed by atoms with E-state index in [1.807, 2.05) is 37.3 Å². The Morgan fingerprint density at radius 2 is 1.95 bits per heavy atom. The van der Waals surface area contributed by atoms with Crippen LogP contribution in [0.1, 0.15) is 5.56 Å². The summed E-state index contributed by atoms with van der Waals surface area (Å²) in [6.07, 6.45) is 1.41. The van der Waals surface area contributed by atoms with Crippen LogP contribution in [0, 0.1) is 6.92 Å². The summed E-state index contributed by atoms with van der Waals surface area (Å²) in [6, 6.07) is 12.0. The number of hydrogen-bond acceptors (Lipinski definition) is 5. The van der Waals surface area contributed by atoms with Crippen LogP contribution in [0.25, 0.3) is 10.8 Å². The lowest BCUT2D eigenvalue weighted by molar-refractivity contribution is 0.456. The highest BCUT2D eigenvalue weighted by Crippen LogP contribution is 2.36. The highest BCUT2D eigenvalue weighted by Gasteiger charge is 2.11. The summed E-state index contributed by atoms with van der Waals surface area (Å²) in [5, 5.41) is 2.22. The summed E-state index contributed by atoms with van der Waals surface area (Å²) in [5.41, 5.74) is 3.27. The maximum Gasteiger partial charge on any atom is 0.227 e. The van der Waals surface area contributed by atoms with Gasteiger partial charge in [0.05, 0.1) is 10.0 Å². The van der Waals surface area contributed by atoms with Crippen LogP contribution in [0.5, 0.6) is 11.6 Å². The molecule has 2 aromatic carbocycles. The molecule has 0 radical (unpaired) electrons. The van der Waals surface area contributed by atoms with Gasteiger partial charge in [0, 0.05) is 0 Å². The predicted octanol–water partition coefficient (Wildman–Crippen LogP) is 3.78. The summed E-state index contributed by atoms with van der Waals surface area (Å²) in [4.78, 5) is 8.19. The second-order valence-electron chi connectivity index (χ2n) is 4.50. The number of halogens is 1. The fourth-order valence-corrected chi connectivity index (χ4v) is 2.65. The van der Waals surface area contributed by atoms with Crippen molar-refractivity contribution in [1.82, 2.24) is 9.97 Å². The van der Waals surface area contributed by atoms with Crippen LogP contribution in [0.4, 0.5) is 5.82 Å². The van der Waals surface area contributed by atoms with Crippen LogP contribution in [0.3, 0.4) is 0 Å². The molecule has 0 spiro atoms. The Labute approximate surface area is 130 Å². The Morgan fingerprint density at radius 3 is 2.76 bits per heavy atom. The minimum atomic E-state index is 0.467. The number of nitrogen functional groups attached to an aromatic ring is 1. The van der Waals surface area contributed by atoms with Crippen molar-refractivity contribution in [3.63, 3.8) is 0 Å². The van der Waals surface area contributed by atoms with E-state index in [9.17, 15) is 0 Å². The van der Waals surface area contributed by atoms with Gasteiger partial charge in [-0.25, -0.2) is 15.8 Å². The molecule has 1 heterocycles. The van der Waals surface area contributed by atoms with E-state index in [1.165, 1.54) is 6.33 Å². The van der Waals surface area contributed by atoms with E-state index in [0.29, 0.717) is 17.4 Å². The Bertz CT molecular complexity index is 807. The van der Waals surface area contributed by atoms with Crippen LogP contribution in [0.2, 0.25) is 0 Å². The summed E-state index contributed by atoms with van der Waals surface area (Å²) in [6.45, 7) is 1.85. The highest BCUT2D eigenvalue weighted by molar-refractivity contribution is 9.10. The van der Waals surface area contributed by atoms with Crippen molar-refractivity contribution in [2.24, 2.45) is 5.84 Å². The number of ether oxygens (including phenoxy) is 1. The number of benzene rings is 2. The van der Waals surface area contributed by atoms with E-state index >= 15 is 0 Å². The number of aromatic nitrogens is 2. The lowest BCUT2D eigenvalue weighted by atomic mass is 10.1. The molecule has 21 heavy (non-hydrogen) atoms. The molecule has 0 atom stereocenters. The molecule has 1 aromatic heterocycles. The monoisotopic (exact) mass is 344 g/mol. The van der Waals surface area contributed by atoms with Crippen LogP contribution >= 0.6 is 15.9 Å². The molecule has 6 heteroatoms. The van der Waals surface area contributed by atoms with Gasteiger partial charge in [-0.1, -0.05) is 30.3 Å². The molecule has 3 N–H and O–H groups in total. The van der Waals surface area contributed by atoms with Crippen molar-refractivity contribution in [2.75, 3.05) is 5.43 Å². The van der Waals surface area contributed by atoms with Gasteiger partial charge in [0.2, 0.25) is 5.88 Å². The van der Waals surface area contributed by atoms with E-state index in [1.54, 1.807) is 0 Å². The molecule has 0 aliphatic heterocycles. The van der Waals surface area contributed by atoms with E-state index in [-0.39, 0.29) is 0 Å². The van der Waals surface area contributed by atoms with Crippen LogP contribution in [-0.4, -0.2) is 9.97 Å². The van der Waals surface area contributed by atoms with E-state index < -0.39 is 0 Å². The number of fused-ring (bicyclic) bond motifs is 1. The lowest BCUT2D eigenvalue weighted by Crippen LogP contribution is -2.11. The zero-order chi connectivity index (χ0) is 14.8. The molecular formula is C15H13BrN4O. The molecular weight excluding hydrogens is 332 g/mol. The zero-order valence-corrected chi connectivity index (χ0v) is 12.9. The molecule has 3 rings (SSSR count). The van der Waals surface area contributed by atoms with Gasteiger partial charge >= 0.3 is 0 Å². The van der Waals surface area contributed by atoms with E-state index in [0.717, 1.165) is 20.8 Å². The molecule has 0 saturated carbocycles. The average molecular weight is 345 g/mol. The Hall–Kier alpha value is -2.18. The number of nitrogens with zero attached hydrogens (tertiary/aromatic N) is 2. The average Bonchev–Trinajstić information content (AvgIpc) is 2.52. The number of rotatable bonds is 3. The zero-order valence-electron chi connectivity index (χ0n) is 11.3. The fourth-order valence-electron chi connectivity index (χ4n) is 2.08. The van der Waals surface area contributed by atoms with Crippen LogP contribution in [-0.2, 0) is 0 Å². The number of nitrogens with one attached hydrogen (secondary N) is 1. The lowest BCUT2D eigenvalue weighted by Gasteiger charge is -2.12. The van der Waals surface area contributed by atoms with Crippen molar-refractivity contribution < 1.29 is 4.74 Å². The van der Waals surface area contributed by atoms with E-state index in [2.05, 4.69) is 37.4 Å². The quantitative estimate of drug-likeness (QED) is 0.558. The first kappa shape index (κ1) is 13.8. The largest absolute Gasteiger partial charge is 0.437 e. The highest BCUT2D eigenvalue weighted by atomic mass is 79.9. The predicted molar refractivity (Wildman–Crippen MR) is 86.3 cm³/mol. The van der Waals surface area contributed by atoms with Gasteiger partial charge in [-0.2, -0.15) is 0 Å². The van der Waals surface area contributed by atoms with E-state index in [4.69, 9.17) is 10.6 Å². The molecule has 0 bridgehead atoms. The van der Waals surface area contributed by atoms with Crippen molar-refractivity contribution in [3.05, 3.63) is 52.8 Å². The smallest absolute Gasteiger partial charge is 0.227 e. The third-order valence-corrected chi connectivity index (χ3v) is 4.03. The first-order chi connectivity index (χ1) is 10.2. The molecule has 5 nitrogen and oxygen atoms in total. The summed E-state index contributed by atoms with van der Waals surface area (Å²) in [7, 11) is 0. The normalized spacial score (nSPS) is 10.6. The summed E-state index contributed by atoms with van der Waals surface area (Å²) in [5.74, 6) is 7.11. The standard InChI is InChI=1S/C15H13BrN4O/c1-9-14(20-17)18-8-19-15(9)21-12-7-6-10-4-2-3-5-11(10)13(12)16/h2-8H,17H2,1H3,(H,18,19,20). The minimum absolute atomic E-state index is 0.467. The number of anilines is 1.